The molecule has 1 atom stereocenters. The second-order valence-corrected chi connectivity index (χ2v) is 8.03. The van der Waals surface area contributed by atoms with E-state index < -0.39 is 5.97 Å². The molecule has 7 heteroatoms. The van der Waals surface area contributed by atoms with Gasteiger partial charge >= 0.3 is 5.97 Å². The number of rotatable bonds is 3. The Balaban J connectivity index is 1.70. The molecule has 132 valence electrons. The van der Waals surface area contributed by atoms with Crippen LogP contribution in [0.1, 0.15) is 57.1 Å². The van der Waals surface area contributed by atoms with Crippen molar-refractivity contribution in [1.82, 2.24) is 19.9 Å². The minimum atomic E-state index is -0.494. The van der Waals surface area contributed by atoms with Crippen molar-refractivity contribution < 1.29 is 14.3 Å². The van der Waals surface area contributed by atoms with Crippen LogP contribution in [0.15, 0.2) is 6.20 Å². The van der Waals surface area contributed by atoms with E-state index in [2.05, 4.69) is 42.7 Å². The Morgan fingerprint density at radius 2 is 1.92 bits per heavy atom. The number of carbonyl (C=O) groups excluding carboxylic acids is 2. The largest absolute Gasteiger partial charge is 0.464 e. The molecule has 2 heterocycles. The fraction of sp³-hybridized carbons (Fsp3) is 0.765. The molecule has 1 aromatic rings. The Hall–Kier alpha value is -1.92. The number of ether oxygens (including phenoxy) is 1. The van der Waals surface area contributed by atoms with Crippen LogP contribution in [0.2, 0.25) is 0 Å². The molecule has 1 aliphatic carbocycles. The van der Waals surface area contributed by atoms with E-state index in [1.165, 1.54) is 7.11 Å². The van der Waals surface area contributed by atoms with Crippen LogP contribution in [0.3, 0.4) is 0 Å². The van der Waals surface area contributed by atoms with E-state index in [0.29, 0.717) is 6.54 Å². The fourth-order valence-corrected chi connectivity index (χ4v) is 4.02. The van der Waals surface area contributed by atoms with Gasteiger partial charge in [-0.1, -0.05) is 32.9 Å². The lowest BCUT2D eigenvalue weighted by Crippen LogP contribution is -2.42. The standard InChI is InChI=1S/C17H26N4O3/c1-16(2)13(17(16,3)4)14(22)20-8-6-7-11(9-20)21-10-12(18-19-21)15(23)24-5/h10-11,13H,6-9H2,1-5H3/t11-/m0/s1. The maximum atomic E-state index is 12.9. The number of piperidine rings is 1. The summed E-state index contributed by atoms with van der Waals surface area (Å²) < 4.78 is 6.35. The molecule has 0 radical (unpaired) electrons. The minimum Gasteiger partial charge on any atom is -0.464 e. The van der Waals surface area contributed by atoms with Gasteiger partial charge in [0.25, 0.3) is 0 Å². The molecule has 1 saturated carbocycles. The summed E-state index contributed by atoms with van der Waals surface area (Å²) in [6.07, 6.45) is 3.46. The third-order valence-electron chi connectivity index (χ3n) is 6.25. The highest BCUT2D eigenvalue weighted by Crippen LogP contribution is 2.68. The first kappa shape index (κ1) is 16.9. The lowest BCUT2D eigenvalue weighted by atomic mass is 10.0. The van der Waals surface area contributed by atoms with Crippen LogP contribution in [-0.2, 0) is 9.53 Å². The highest BCUT2D eigenvalue weighted by molar-refractivity contribution is 5.86. The lowest BCUT2D eigenvalue weighted by molar-refractivity contribution is -0.135. The van der Waals surface area contributed by atoms with Crippen molar-refractivity contribution in [2.75, 3.05) is 20.2 Å². The summed E-state index contributed by atoms with van der Waals surface area (Å²) in [5.41, 5.74) is 0.287. The maximum Gasteiger partial charge on any atom is 0.360 e. The Bertz CT molecular complexity index is 651. The highest BCUT2D eigenvalue weighted by atomic mass is 16.5. The Morgan fingerprint density at radius 1 is 1.25 bits per heavy atom. The van der Waals surface area contributed by atoms with Gasteiger partial charge in [-0.3, -0.25) is 4.79 Å². The molecule has 2 fully saturated rings. The average molecular weight is 334 g/mol. The summed E-state index contributed by atoms with van der Waals surface area (Å²) in [6.45, 7) is 10.1. The number of hydrogen-bond donors (Lipinski definition) is 0. The first-order valence-corrected chi connectivity index (χ1v) is 8.49. The van der Waals surface area contributed by atoms with E-state index in [1.54, 1.807) is 10.9 Å². The number of amides is 1. The molecule has 1 amide bonds. The van der Waals surface area contributed by atoms with Crippen LogP contribution in [0.4, 0.5) is 0 Å². The first-order valence-electron chi connectivity index (χ1n) is 8.49. The Morgan fingerprint density at radius 3 is 2.50 bits per heavy atom. The van der Waals surface area contributed by atoms with Crippen molar-refractivity contribution in [2.45, 2.75) is 46.6 Å². The normalized spacial score (nSPS) is 25.4. The number of likely N-dealkylation sites (tertiary alicyclic amines) is 1. The van der Waals surface area contributed by atoms with Gasteiger partial charge in [0.1, 0.15) is 0 Å². The zero-order valence-electron chi connectivity index (χ0n) is 15.1. The van der Waals surface area contributed by atoms with Crippen molar-refractivity contribution in [3.05, 3.63) is 11.9 Å². The fourth-order valence-electron chi connectivity index (χ4n) is 4.02. The van der Waals surface area contributed by atoms with Gasteiger partial charge in [-0.15, -0.1) is 5.10 Å². The number of aromatic nitrogens is 3. The monoisotopic (exact) mass is 334 g/mol. The van der Waals surface area contributed by atoms with Crippen LogP contribution in [0.25, 0.3) is 0 Å². The number of methoxy groups -OCH3 is 1. The molecule has 0 unspecified atom stereocenters. The summed E-state index contributed by atoms with van der Waals surface area (Å²) in [7, 11) is 1.32. The summed E-state index contributed by atoms with van der Waals surface area (Å²) >= 11 is 0. The van der Waals surface area contributed by atoms with Crippen molar-refractivity contribution in [3.8, 4) is 0 Å². The Kier molecular flexibility index (Phi) is 3.92. The summed E-state index contributed by atoms with van der Waals surface area (Å²) in [5, 5.41) is 7.91. The molecular weight excluding hydrogens is 308 g/mol. The van der Waals surface area contributed by atoms with Crippen LogP contribution in [-0.4, -0.2) is 52.0 Å². The molecule has 0 bridgehead atoms. The molecule has 7 nitrogen and oxygen atoms in total. The van der Waals surface area contributed by atoms with E-state index >= 15 is 0 Å². The molecule has 1 saturated heterocycles. The highest BCUT2D eigenvalue weighted by Gasteiger charge is 2.68. The molecule has 24 heavy (non-hydrogen) atoms. The molecule has 2 aliphatic rings. The van der Waals surface area contributed by atoms with E-state index in [9.17, 15) is 9.59 Å². The summed E-state index contributed by atoms with van der Waals surface area (Å²) in [5.74, 6) is -0.181. The number of nitrogens with zero attached hydrogens (tertiary/aromatic N) is 4. The molecule has 1 aliphatic heterocycles. The number of carbonyl (C=O) groups is 2. The first-order chi connectivity index (χ1) is 11.2. The minimum absolute atomic E-state index is 0.0440. The van der Waals surface area contributed by atoms with Crippen LogP contribution in [0.5, 0.6) is 0 Å². The van der Waals surface area contributed by atoms with E-state index in [1.807, 2.05) is 4.90 Å². The van der Waals surface area contributed by atoms with Gasteiger partial charge in [0, 0.05) is 19.0 Å². The Labute approximate surface area is 142 Å². The predicted octanol–water partition coefficient (Wildman–Crippen LogP) is 1.91. The second kappa shape index (κ2) is 5.57. The maximum absolute atomic E-state index is 12.9. The molecule has 3 rings (SSSR count). The SMILES string of the molecule is COC(=O)c1cn([C@H]2CCCN(C(=O)C3C(C)(C)C3(C)C)C2)nn1. The van der Waals surface area contributed by atoms with E-state index in [4.69, 9.17) is 0 Å². The molecule has 1 aromatic heterocycles. The van der Waals surface area contributed by atoms with Crippen molar-refractivity contribution >= 4 is 11.9 Å². The summed E-state index contributed by atoms with van der Waals surface area (Å²) in [6, 6.07) is 0.0542. The molecule has 0 N–H and O–H groups in total. The van der Waals surface area contributed by atoms with Gasteiger partial charge < -0.3 is 9.64 Å². The van der Waals surface area contributed by atoms with Crippen LogP contribution in [0, 0.1) is 16.7 Å². The van der Waals surface area contributed by atoms with Gasteiger partial charge in [-0.05, 0) is 23.7 Å². The van der Waals surface area contributed by atoms with Gasteiger partial charge in [-0.2, -0.15) is 0 Å². The lowest BCUT2D eigenvalue weighted by Gasteiger charge is -2.33. The number of esters is 1. The van der Waals surface area contributed by atoms with E-state index in [0.717, 1.165) is 19.4 Å². The van der Waals surface area contributed by atoms with Gasteiger partial charge in [0.05, 0.1) is 19.3 Å². The van der Waals surface area contributed by atoms with E-state index in [-0.39, 0.29) is 34.4 Å². The van der Waals surface area contributed by atoms with Crippen LogP contribution >= 0.6 is 0 Å². The molecular formula is C17H26N4O3. The van der Waals surface area contributed by atoms with Gasteiger partial charge in [-0.25, -0.2) is 9.48 Å². The zero-order valence-corrected chi connectivity index (χ0v) is 15.1. The smallest absolute Gasteiger partial charge is 0.360 e. The molecule has 0 spiro atoms. The quantitative estimate of drug-likeness (QED) is 0.789. The zero-order chi connectivity index (χ0) is 17.7. The van der Waals surface area contributed by atoms with Gasteiger partial charge in [0.2, 0.25) is 5.91 Å². The van der Waals surface area contributed by atoms with Gasteiger partial charge in [0.15, 0.2) is 5.69 Å². The third kappa shape index (κ3) is 2.50. The average Bonchev–Trinajstić information content (AvgIpc) is 2.91. The van der Waals surface area contributed by atoms with Crippen LogP contribution < -0.4 is 0 Å². The third-order valence-corrected chi connectivity index (χ3v) is 6.25. The number of hydrogen-bond acceptors (Lipinski definition) is 5. The molecule has 0 aromatic carbocycles. The topological polar surface area (TPSA) is 77.3 Å². The van der Waals surface area contributed by atoms with Crippen molar-refractivity contribution in [2.24, 2.45) is 16.7 Å². The van der Waals surface area contributed by atoms with Crippen molar-refractivity contribution in [1.29, 1.82) is 0 Å². The van der Waals surface area contributed by atoms with Crippen molar-refractivity contribution in [3.63, 3.8) is 0 Å². The predicted molar refractivity (Wildman–Crippen MR) is 87.3 cm³/mol. The second-order valence-electron chi connectivity index (χ2n) is 8.03. The summed E-state index contributed by atoms with van der Waals surface area (Å²) in [4.78, 5) is 26.4.